The van der Waals surface area contributed by atoms with Crippen molar-refractivity contribution in [2.75, 3.05) is 26.7 Å². The van der Waals surface area contributed by atoms with Crippen molar-refractivity contribution in [2.24, 2.45) is 5.92 Å². The standard InChI is InChI=1S/C11H17N3O5/c1-7(3-10(17)18)4-12-8(15)5-14-9(16)6-13(2)11(14)19/h7H,3-6H2,1-2H3,(H,12,15)(H,17,18). The van der Waals surface area contributed by atoms with Crippen molar-refractivity contribution in [3.63, 3.8) is 0 Å². The molecule has 1 heterocycles. The molecule has 8 nitrogen and oxygen atoms in total. The van der Waals surface area contributed by atoms with Crippen LogP contribution in [0.3, 0.4) is 0 Å². The Morgan fingerprint density at radius 3 is 2.53 bits per heavy atom. The summed E-state index contributed by atoms with van der Waals surface area (Å²) in [4.78, 5) is 47.0. The Morgan fingerprint density at radius 2 is 2.05 bits per heavy atom. The van der Waals surface area contributed by atoms with Gasteiger partial charge in [-0.25, -0.2) is 4.79 Å². The first-order chi connectivity index (χ1) is 8.81. The summed E-state index contributed by atoms with van der Waals surface area (Å²) in [5.41, 5.74) is 0. The summed E-state index contributed by atoms with van der Waals surface area (Å²) in [5.74, 6) is -2.04. The molecule has 1 aliphatic heterocycles. The first-order valence-corrected chi connectivity index (χ1v) is 5.85. The number of imide groups is 1. The van der Waals surface area contributed by atoms with Gasteiger partial charge in [0.15, 0.2) is 0 Å². The minimum absolute atomic E-state index is 0.0263. The van der Waals surface area contributed by atoms with Crippen molar-refractivity contribution in [3.05, 3.63) is 0 Å². The van der Waals surface area contributed by atoms with Crippen molar-refractivity contribution in [3.8, 4) is 0 Å². The van der Waals surface area contributed by atoms with Crippen molar-refractivity contribution >= 4 is 23.8 Å². The SMILES string of the molecule is CC(CNC(=O)CN1C(=O)CN(C)C1=O)CC(=O)O. The average molecular weight is 271 g/mol. The second kappa shape index (κ2) is 6.17. The number of carboxylic acid groups (broad SMARTS) is 1. The van der Waals surface area contributed by atoms with Gasteiger partial charge in [0.25, 0.3) is 5.91 Å². The Morgan fingerprint density at radius 1 is 1.42 bits per heavy atom. The minimum Gasteiger partial charge on any atom is -0.481 e. The van der Waals surface area contributed by atoms with Gasteiger partial charge >= 0.3 is 12.0 Å². The van der Waals surface area contributed by atoms with Crippen LogP contribution in [0.25, 0.3) is 0 Å². The molecule has 19 heavy (non-hydrogen) atoms. The Kier molecular flexibility index (Phi) is 4.85. The lowest BCUT2D eigenvalue weighted by Crippen LogP contribution is -2.42. The Bertz CT molecular complexity index is 409. The number of nitrogens with one attached hydrogen (secondary N) is 1. The van der Waals surface area contributed by atoms with E-state index in [-0.39, 0.29) is 32.0 Å². The highest BCUT2D eigenvalue weighted by atomic mass is 16.4. The van der Waals surface area contributed by atoms with Crippen LogP contribution in [-0.2, 0) is 14.4 Å². The molecule has 1 atom stereocenters. The van der Waals surface area contributed by atoms with Gasteiger partial charge in [0.1, 0.15) is 13.1 Å². The van der Waals surface area contributed by atoms with Crippen LogP contribution in [0.2, 0.25) is 0 Å². The highest BCUT2D eigenvalue weighted by molar-refractivity contribution is 6.04. The third-order valence-electron chi connectivity index (χ3n) is 2.70. The molecule has 0 spiro atoms. The van der Waals surface area contributed by atoms with Crippen LogP contribution in [-0.4, -0.2) is 65.4 Å². The van der Waals surface area contributed by atoms with Crippen LogP contribution in [0.15, 0.2) is 0 Å². The van der Waals surface area contributed by atoms with E-state index in [2.05, 4.69) is 5.32 Å². The monoisotopic (exact) mass is 271 g/mol. The number of likely N-dealkylation sites (N-methyl/N-ethyl adjacent to an activating group) is 1. The van der Waals surface area contributed by atoms with Gasteiger partial charge in [0, 0.05) is 20.0 Å². The van der Waals surface area contributed by atoms with Gasteiger partial charge < -0.3 is 15.3 Å². The number of hydrogen-bond acceptors (Lipinski definition) is 4. The number of nitrogens with zero attached hydrogens (tertiary/aromatic N) is 2. The quantitative estimate of drug-likeness (QED) is 0.609. The number of carbonyl (C=O) groups excluding carboxylic acids is 3. The van der Waals surface area contributed by atoms with E-state index in [9.17, 15) is 19.2 Å². The molecule has 0 bridgehead atoms. The topological polar surface area (TPSA) is 107 Å². The van der Waals surface area contributed by atoms with E-state index in [1.165, 1.54) is 11.9 Å². The molecule has 1 aliphatic rings. The molecule has 106 valence electrons. The van der Waals surface area contributed by atoms with Crippen LogP contribution in [0.1, 0.15) is 13.3 Å². The van der Waals surface area contributed by atoms with Gasteiger partial charge in [-0.3, -0.25) is 19.3 Å². The molecule has 0 aliphatic carbocycles. The van der Waals surface area contributed by atoms with Gasteiger partial charge in [-0.05, 0) is 5.92 Å². The number of hydrogen-bond donors (Lipinski definition) is 2. The first-order valence-electron chi connectivity index (χ1n) is 5.85. The summed E-state index contributed by atoms with van der Waals surface area (Å²) in [6.45, 7) is 1.52. The van der Waals surface area contributed by atoms with E-state index >= 15 is 0 Å². The molecule has 1 saturated heterocycles. The number of rotatable bonds is 6. The van der Waals surface area contributed by atoms with Crippen LogP contribution in [0.5, 0.6) is 0 Å². The number of carboxylic acids is 1. The van der Waals surface area contributed by atoms with Crippen LogP contribution in [0.4, 0.5) is 4.79 Å². The Labute approximate surface area is 110 Å². The summed E-state index contributed by atoms with van der Waals surface area (Å²) < 4.78 is 0. The van der Waals surface area contributed by atoms with Gasteiger partial charge in [-0.15, -0.1) is 0 Å². The summed E-state index contributed by atoms with van der Waals surface area (Å²) >= 11 is 0. The molecule has 0 radical (unpaired) electrons. The summed E-state index contributed by atoms with van der Waals surface area (Å²) in [6, 6.07) is -0.501. The van der Waals surface area contributed by atoms with Crippen LogP contribution < -0.4 is 5.32 Å². The molecule has 0 aromatic rings. The van der Waals surface area contributed by atoms with Crippen molar-refractivity contribution in [2.45, 2.75) is 13.3 Å². The summed E-state index contributed by atoms with van der Waals surface area (Å²) in [7, 11) is 1.48. The first kappa shape index (κ1) is 14.9. The fraction of sp³-hybridized carbons (Fsp3) is 0.636. The lowest BCUT2D eigenvalue weighted by Gasteiger charge is -2.15. The van der Waals surface area contributed by atoms with Crippen LogP contribution >= 0.6 is 0 Å². The third-order valence-corrected chi connectivity index (χ3v) is 2.70. The zero-order valence-corrected chi connectivity index (χ0v) is 10.9. The molecule has 0 aromatic heterocycles. The maximum absolute atomic E-state index is 11.6. The predicted molar refractivity (Wildman–Crippen MR) is 64.2 cm³/mol. The lowest BCUT2D eigenvalue weighted by molar-refractivity contribution is -0.138. The van der Waals surface area contributed by atoms with E-state index in [1.807, 2.05) is 0 Å². The van der Waals surface area contributed by atoms with Crippen molar-refractivity contribution in [1.29, 1.82) is 0 Å². The normalized spacial score (nSPS) is 16.7. The predicted octanol–water partition coefficient (Wildman–Crippen LogP) is -0.893. The van der Waals surface area contributed by atoms with Crippen LogP contribution in [0, 0.1) is 5.92 Å². The third kappa shape index (κ3) is 4.23. The van der Waals surface area contributed by atoms with Crippen molar-refractivity contribution < 1.29 is 24.3 Å². The maximum Gasteiger partial charge on any atom is 0.327 e. The molecule has 1 unspecified atom stereocenters. The zero-order valence-electron chi connectivity index (χ0n) is 10.9. The lowest BCUT2D eigenvalue weighted by atomic mass is 10.1. The van der Waals surface area contributed by atoms with E-state index < -0.39 is 23.8 Å². The smallest absolute Gasteiger partial charge is 0.327 e. The molecular formula is C11H17N3O5. The number of urea groups is 1. The molecule has 8 heteroatoms. The van der Waals surface area contributed by atoms with Gasteiger partial charge in [0.2, 0.25) is 5.91 Å². The molecule has 1 rings (SSSR count). The molecule has 4 amide bonds. The fourth-order valence-corrected chi connectivity index (χ4v) is 1.68. The molecule has 0 saturated carbocycles. The molecule has 0 aromatic carbocycles. The van der Waals surface area contributed by atoms with E-state index in [0.29, 0.717) is 0 Å². The highest BCUT2D eigenvalue weighted by Gasteiger charge is 2.34. The largest absolute Gasteiger partial charge is 0.481 e. The maximum atomic E-state index is 11.6. The van der Waals surface area contributed by atoms with E-state index in [0.717, 1.165) is 4.90 Å². The van der Waals surface area contributed by atoms with E-state index in [1.54, 1.807) is 6.92 Å². The highest BCUT2D eigenvalue weighted by Crippen LogP contribution is 2.07. The molecular weight excluding hydrogens is 254 g/mol. The summed E-state index contributed by atoms with van der Waals surface area (Å²) in [5, 5.41) is 11.1. The van der Waals surface area contributed by atoms with Gasteiger partial charge in [0.05, 0.1) is 0 Å². The minimum atomic E-state index is -0.937. The number of amides is 4. The van der Waals surface area contributed by atoms with Crippen molar-refractivity contribution in [1.82, 2.24) is 15.1 Å². The van der Waals surface area contributed by atoms with E-state index in [4.69, 9.17) is 5.11 Å². The fourth-order valence-electron chi connectivity index (χ4n) is 1.68. The number of carbonyl (C=O) groups is 4. The van der Waals surface area contributed by atoms with Gasteiger partial charge in [-0.1, -0.05) is 6.92 Å². The molecule has 1 fully saturated rings. The number of aliphatic carboxylic acids is 1. The average Bonchev–Trinajstić information content (AvgIpc) is 2.52. The molecule has 2 N–H and O–H groups in total. The second-order valence-electron chi connectivity index (χ2n) is 4.63. The Hall–Kier alpha value is -2.12. The van der Waals surface area contributed by atoms with Gasteiger partial charge in [-0.2, -0.15) is 0 Å². The second-order valence-corrected chi connectivity index (χ2v) is 4.63. The Balaban J connectivity index is 2.37. The summed E-state index contributed by atoms with van der Waals surface area (Å²) in [6.07, 6.45) is -0.0510. The zero-order chi connectivity index (χ0) is 14.6.